The Morgan fingerprint density at radius 2 is 1.83 bits per heavy atom. The predicted molar refractivity (Wildman–Crippen MR) is 117 cm³/mol. The molecule has 1 N–H and O–H groups in total. The summed E-state index contributed by atoms with van der Waals surface area (Å²) >= 11 is 1.29. The van der Waals surface area contributed by atoms with Gasteiger partial charge in [-0.15, -0.1) is 11.8 Å². The van der Waals surface area contributed by atoms with E-state index in [1.165, 1.54) is 11.8 Å². The van der Waals surface area contributed by atoms with Gasteiger partial charge in [-0.1, -0.05) is 62.4 Å². The highest BCUT2D eigenvalue weighted by Gasteiger charge is 2.43. The minimum absolute atomic E-state index is 0.105. The minimum atomic E-state index is -0.818. The van der Waals surface area contributed by atoms with E-state index in [9.17, 15) is 9.90 Å². The van der Waals surface area contributed by atoms with Crippen molar-refractivity contribution < 1.29 is 19.4 Å². The maximum atomic E-state index is 12.9. The first-order valence-corrected chi connectivity index (χ1v) is 10.9. The molecular weight excluding hydrogens is 384 g/mol. The number of aliphatic hydroxyl groups excluding tert-OH is 1. The number of para-hydroxylation sites is 1. The molecule has 1 atom stereocenters. The maximum Gasteiger partial charge on any atom is 0.348 e. The van der Waals surface area contributed by atoms with Gasteiger partial charge in [0.25, 0.3) is 0 Å². The molecule has 2 aromatic carbocycles. The van der Waals surface area contributed by atoms with Gasteiger partial charge in [-0.05, 0) is 30.4 Å². The number of carbonyl (C=O) groups is 1. The number of thioether (sulfide) groups is 1. The van der Waals surface area contributed by atoms with Crippen LogP contribution in [-0.4, -0.2) is 18.2 Å². The maximum absolute atomic E-state index is 12.9. The van der Waals surface area contributed by atoms with Crippen LogP contribution in [0.25, 0.3) is 0 Å². The number of carbonyl (C=O) groups excluding carboxylic acids is 1. The molecule has 3 rings (SSSR count). The van der Waals surface area contributed by atoms with Crippen molar-refractivity contribution in [2.24, 2.45) is 5.92 Å². The van der Waals surface area contributed by atoms with Gasteiger partial charge >= 0.3 is 5.97 Å². The lowest BCUT2D eigenvalue weighted by atomic mass is 9.82. The molecule has 2 aromatic rings. The molecule has 0 bridgehead atoms. The van der Waals surface area contributed by atoms with Crippen LogP contribution >= 0.6 is 11.8 Å². The average Bonchev–Trinajstić information content (AvgIpc) is 2.72. The SMILES string of the molecule is COc1ccccc1CSC1=C(O)CC(CCC(C)C)(c2ccccc2)OC1=O. The van der Waals surface area contributed by atoms with E-state index in [0.717, 1.165) is 23.3 Å². The Hall–Kier alpha value is -2.40. The van der Waals surface area contributed by atoms with Crippen LogP contribution in [0.3, 0.4) is 0 Å². The fourth-order valence-corrected chi connectivity index (χ4v) is 4.49. The van der Waals surface area contributed by atoms with E-state index in [4.69, 9.17) is 9.47 Å². The van der Waals surface area contributed by atoms with E-state index in [-0.39, 0.29) is 10.7 Å². The third-order valence-corrected chi connectivity index (χ3v) is 6.32. The summed E-state index contributed by atoms with van der Waals surface area (Å²) in [6.07, 6.45) is 1.87. The number of rotatable bonds is 8. The highest BCUT2D eigenvalue weighted by atomic mass is 32.2. The number of aliphatic hydroxyl groups is 1. The molecule has 5 heteroatoms. The molecule has 0 aromatic heterocycles. The van der Waals surface area contributed by atoms with Gasteiger partial charge in [0.1, 0.15) is 22.0 Å². The van der Waals surface area contributed by atoms with Crippen molar-refractivity contribution in [2.75, 3.05) is 7.11 Å². The lowest BCUT2D eigenvalue weighted by Crippen LogP contribution is -2.37. The third-order valence-electron chi connectivity index (χ3n) is 5.18. The van der Waals surface area contributed by atoms with Gasteiger partial charge in [0, 0.05) is 11.3 Å². The third kappa shape index (κ3) is 4.96. The number of hydrogen-bond acceptors (Lipinski definition) is 5. The van der Waals surface area contributed by atoms with Gasteiger partial charge in [0.2, 0.25) is 0 Å². The van der Waals surface area contributed by atoms with E-state index >= 15 is 0 Å². The zero-order valence-corrected chi connectivity index (χ0v) is 18.0. The van der Waals surface area contributed by atoms with Gasteiger partial charge in [0.05, 0.1) is 13.5 Å². The standard InChI is InChI=1S/C24H28O4S/c1-17(2)13-14-24(19-10-5-4-6-11-19)15-20(25)22(23(26)28-24)29-16-18-9-7-8-12-21(18)27-3/h4-12,17,25H,13-16H2,1-3H3. The molecule has 1 aliphatic heterocycles. The molecule has 0 saturated carbocycles. The fourth-order valence-electron chi connectivity index (χ4n) is 3.55. The summed E-state index contributed by atoms with van der Waals surface area (Å²) in [7, 11) is 1.62. The number of esters is 1. The van der Waals surface area contributed by atoms with E-state index in [0.29, 0.717) is 24.5 Å². The lowest BCUT2D eigenvalue weighted by Gasteiger charge is -2.38. The van der Waals surface area contributed by atoms with Gasteiger partial charge in [-0.2, -0.15) is 0 Å². The van der Waals surface area contributed by atoms with Crippen LogP contribution in [0.5, 0.6) is 5.75 Å². The topological polar surface area (TPSA) is 55.8 Å². The second-order valence-electron chi connectivity index (χ2n) is 7.74. The molecule has 1 unspecified atom stereocenters. The second kappa shape index (κ2) is 9.40. The Kier molecular flexibility index (Phi) is 6.91. The summed E-state index contributed by atoms with van der Waals surface area (Å²) in [6, 6.07) is 17.4. The minimum Gasteiger partial charge on any atom is -0.511 e. The first-order valence-electron chi connectivity index (χ1n) is 9.91. The first-order chi connectivity index (χ1) is 13.9. The highest BCUT2D eigenvalue weighted by Crippen LogP contribution is 2.44. The molecular formula is C24H28O4S. The van der Waals surface area contributed by atoms with Crippen LogP contribution in [0.1, 0.15) is 44.2 Å². The summed E-state index contributed by atoms with van der Waals surface area (Å²) in [5.74, 6) is 1.40. The number of methoxy groups -OCH3 is 1. The van der Waals surface area contributed by atoms with Crippen LogP contribution in [0.4, 0.5) is 0 Å². The average molecular weight is 413 g/mol. The number of cyclic esters (lactones) is 1. The number of benzene rings is 2. The van der Waals surface area contributed by atoms with Crippen molar-refractivity contribution in [3.63, 3.8) is 0 Å². The molecule has 154 valence electrons. The largest absolute Gasteiger partial charge is 0.511 e. The summed E-state index contributed by atoms with van der Waals surface area (Å²) in [6.45, 7) is 4.29. The van der Waals surface area contributed by atoms with Crippen molar-refractivity contribution in [1.82, 2.24) is 0 Å². The molecule has 1 aliphatic rings. The van der Waals surface area contributed by atoms with Crippen LogP contribution in [0.2, 0.25) is 0 Å². The van der Waals surface area contributed by atoms with Crippen LogP contribution < -0.4 is 4.74 Å². The van der Waals surface area contributed by atoms with Crippen molar-refractivity contribution >= 4 is 17.7 Å². The van der Waals surface area contributed by atoms with Gasteiger partial charge in [-0.25, -0.2) is 4.79 Å². The Morgan fingerprint density at radius 3 is 2.48 bits per heavy atom. The van der Waals surface area contributed by atoms with Crippen LogP contribution in [0.15, 0.2) is 65.3 Å². The smallest absolute Gasteiger partial charge is 0.348 e. The Morgan fingerprint density at radius 1 is 1.14 bits per heavy atom. The van der Waals surface area contributed by atoms with Gasteiger partial charge < -0.3 is 14.6 Å². The van der Waals surface area contributed by atoms with E-state index in [1.54, 1.807) is 7.11 Å². The van der Waals surface area contributed by atoms with Crippen molar-refractivity contribution in [2.45, 2.75) is 44.5 Å². The monoisotopic (exact) mass is 412 g/mol. The van der Waals surface area contributed by atoms with Crippen molar-refractivity contribution in [3.8, 4) is 5.75 Å². The zero-order chi connectivity index (χ0) is 20.9. The molecule has 0 amide bonds. The van der Waals surface area contributed by atoms with Crippen LogP contribution in [0, 0.1) is 5.92 Å². The van der Waals surface area contributed by atoms with Crippen molar-refractivity contribution in [1.29, 1.82) is 0 Å². The molecule has 0 aliphatic carbocycles. The Bertz CT molecular complexity index is 875. The summed E-state index contributed by atoms with van der Waals surface area (Å²) < 4.78 is 11.4. The molecule has 0 spiro atoms. The quantitative estimate of drug-likeness (QED) is 0.541. The molecule has 0 radical (unpaired) electrons. The van der Waals surface area contributed by atoms with Crippen LogP contribution in [-0.2, 0) is 20.9 Å². The Balaban J connectivity index is 1.84. The molecule has 4 nitrogen and oxygen atoms in total. The summed E-state index contributed by atoms with van der Waals surface area (Å²) in [5, 5.41) is 10.8. The molecule has 1 heterocycles. The van der Waals surface area contributed by atoms with E-state index < -0.39 is 11.6 Å². The van der Waals surface area contributed by atoms with Gasteiger partial charge in [-0.3, -0.25) is 0 Å². The highest BCUT2D eigenvalue weighted by molar-refractivity contribution is 8.03. The number of hydrogen-bond donors (Lipinski definition) is 1. The van der Waals surface area contributed by atoms with E-state index in [2.05, 4.69) is 13.8 Å². The molecule has 29 heavy (non-hydrogen) atoms. The zero-order valence-electron chi connectivity index (χ0n) is 17.2. The van der Waals surface area contributed by atoms with Crippen molar-refractivity contribution in [3.05, 3.63) is 76.4 Å². The predicted octanol–water partition coefficient (Wildman–Crippen LogP) is 5.98. The molecule has 0 saturated heterocycles. The summed E-state index contributed by atoms with van der Waals surface area (Å²) in [5.41, 5.74) is 1.07. The lowest BCUT2D eigenvalue weighted by molar-refractivity contribution is -0.160. The second-order valence-corrected chi connectivity index (χ2v) is 8.72. The number of ether oxygens (including phenoxy) is 2. The molecule has 0 fully saturated rings. The summed E-state index contributed by atoms with van der Waals surface area (Å²) in [4.78, 5) is 13.2. The first kappa shape index (κ1) is 21.3. The normalized spacial score (nSPS) is 19.4. The van der Waals surface area contributed by atoms with Gasteiger partial charge in [0.15, 0.2) is 0 Å². The van der Waals surface area contributed by atoms with E-state index in [1.807, 2.05) is 54.6 Å². The Labute approximate surface area is 176 Å². The fraction of sp³-hybridized carbons (Fsp3) is 0.375.